The Balaban J connectivity index is 4.70. The summed E-state index contributed by atoms with van der Waals surface area (Å²) in [7, 11) is 2.13. The lowest BCUT2D eigenvalue weighted by molar-refractivity contribution is 0.0411. The van der Waals surface area contributed by atoms with Crippen LogP contribution in [0.3, 0.4) is 0 Å². The number of methoxy groups -OCH3 is 3. The summed E-state index contributed by atoms with van der Waals surface area (Å²) in [6.45, 7) is 3.79. The molecule has 0 fully saturated rings. The Labute approximate surface area is 151 Å². The van der Waals surface area contributed by atoms with Gasteiger partial charge in [-0.25, -0.2) is 0 Å². The Hall–Kier alpha value is -0.713. The lowest BCUT2D eigenvalue weighted by Gasteiger charge is -2.30. The van der Waals surface area contributed by atoms with Crippen molar-refractivity contribution in [3.8, 4) is 0 Å². The average molecular weight is 380 g/mol. The molecule has 0 spiro atoms. The number of ether oxygens (including phenoxy) is 3. The van der Waals surface area contributed by atoms with E-state index in [9.17, 15) is 0 Å². The van der Waals surface area contributed by atoms with E-state index in [1.54, 1.807) is 21.3 Å². The maximum Gasteiger partial charge on any atom is 0.500 e. The van der Waals surface area contributed by atoms with Crippen LogP contribution in [0.15, 0.2) is 5.11 Å². The van der Waals surface area contributed by atoms with E-state index in [0.717, 1.165) is 19.3 Å². The fourth-order valence-corrected chi connectivity index (χ4v) is 4.69. The quantitative estimate of drug-likeness (QED) is 0.112. The van der Waals surface area contributed by atoms with E-state index >= 15 is 0 Å². The SMILES string of the molecule is COCCCO[Si](CCCN=[N+]=[N-])(OCCCOC)OCCCOC. The van der Waals surface area contributed by atoms with Crippen LogP contribution in [-0.2, 0) is 27.5 Å². The van der Waals surface area contributed by atoms with Crippen LogP contribution >= 0.6 is 0 Å². The van der Waals surface area contributed by atoms with Gasteiger partial charge in [-0.2, -0.15) is 0 Å². The van der Waals surface area contributed by atoms with E-state index in [4.69, 9.17) is 33.0 Å². The Kier molecular flexibility index (Phi) is 17.6. The molecule has 0 N–H and O–H groups in total. The average Bonchev–Trinajstić information content (AvgIpc) is 2.63. The van der Waals surface area contributed by atoms with Gasteiger partial charge in [-0.1, -0.05) is 5.11 Å². The first-order valence-corrected chi connectivity index (χ1v) is 10.6. The number of hydrogen-bond acceptors (Lipinski definition) is 7. The molecule has 0 aromatic carbocycles. The second-order valence-corrected chi connectivity index (χ2v) is 8.06. The normalized spacial score (nSPS) is 11.5. The summed E-state index contributed by atoms with van der Waals surface area (Å²) in [5.74, 6) is 0. The molecule has 0 aliphatic rings. The first-order chi connectivity index (χ1) is 12.2. The molecule has 0 heterocycles. The molecule has 0 radical (unpaired) electrons. The molecular weight excluding hydrogens is 346 g/mol. The van der Waals surface area contributed by atoms with Gasteiger partial charge in [0.15, 0.2) is 0 Å². The first kappa shape index (κ1) is 24.3. The molecule has 0 saturated heterocycles. The highest BCUT2D eigenvalue weighted by Crippen LogP contribution is 2.20. The standard InChI is InChI=1S/C15H33N3O6Si/c1-19-9-5-12-22-25(15-4-8-17-18-16,23-13-6-10-20-2)24-14-7-11-21-3/h4-15H2,1-3H3. The molecule has 0 atom stereocenters. The molecule has 0 aliphatic heterocycles. The van der Waals surface area contributed by atoms with Crippen molar-refractivity contribution >= 4 is 8.80 Å². The van der Waals surface area contributed by atoms with Gasteiger partial charge in [0.1, 0.15) is 0 Å². The van der Waals surface area contributed by atoms with Crippen molar-refractivity contribution < 1.29 is 27.5 Å². The zero-order chi connectivity index (χ0) is 18.6. The summed E-state index contributed by atoms with van der Waals surface area (Å²) >= 11 is 0. The van der Waals surface area contributed by atoms with Crippen LogP contribution in [0.1, 0.15) is 25.7 Å². The van der Waals surface area contributed by atoms with Crippen LogP contribution in [-0.4, -0.2) is 76.3 Å². The molecule has 0 aromatic rings. The van der Waals surface area contributed by atoms with E-state index in [1.807, 2.05) is 0 Å². The van der Waals surface area contributed by atoms with Crippen LogP contribution in [0.4, 0.5) is 0 Å². The van der Waals surface area contributed by atoms with Crippen LogP contribution in [0.5, 0.6) is 0 Å². The van der Waals surface area contributed by atoms with E-state index < -0.39 is 8.80 Å². The topological polar surface area (TPSA) is 104 Å². The fraction of sp³-hybridized carbons (Fsp3) is 1.00. The minimum atomic E-state index is -2.85. The zero-order valence-corrected chi connectivity index (χ0v) is 16.8. The molecule has 25 heavy (non-hydrogen) atoms. The molecule has 10 heteroatoms. The van der Waals surface area contributed by atoms with E-state index in [-0.39, 0.29) is 0 Å². The predicted molar refractivity (Wildman–Crippen MR) is 96.5 cm³/mol. The summed E-state index contributed by atoms with van der Waals surface area (Å²) in [5, 5.41) is 3.58. The van der Waals surface area contributed by atoms with Crippen molar-refractivity contribution in [2.24, 2.45) is 5.11 Å². The zero-order valence-electron chi connectivity index (χ0n) is 15.8. The minimum Gasteiger partial charge on any atom is -0.385 e. The van der Waals surface area contributed by atoms with Gasteiger partial charge in [-0.05, 0) is 31.2 Å². The van der Waals surface area contributed by atoms with Gasteiger partial charge < -0.3 is 27.5 Å². The van der Waals surface area contributed by atoms with Gasteiger partial charge in [-0.3, -0.25) is 0 Å². The van der Waals surface area contributed by atoms with Crippen LogP contribution < -0.4 is 0 Å². The Morgan fingerprint density at radius 3 is 1.52 bits per heavy atom. The maximum atomic E-state index is 8.43. The largest absolute Gasteiger partial charge is 0.500 e. The van der Waals surface area contributed by atoms with Crippen LogP contribution in [0.2, 0.25) is 6.04 Å². The van der Waals surface area contributed by atoms with Crippen molar-refractivity contribution in [2.45, 2.75) is 31.7 Å². The molecule has 9 nitrogen and oxygen atoms in total. The highest BCUT2D eigenvalue weighted by atomic mass is 28.4. The fourth-order valence-electron chi connectivity index (χ4n) is 2.05. The maximum absolute atomic E-state index is 8.43. The Morgan fingerprint density at radius 2 is 1.16 bits per heavy atom. The van der Waals surface area contributed by atoms with Crippen LogP contribution in [0, 0.1) is 0 Å². The van der Waals surface area contributed by atoms with Gasteiger partial charge in [0.25, 0.3) is 0 Å². The smallest absolute Gasteiger partial charge is 0.385 e. The van der Waals surface area contributed by atoms with Crippen molar-refractivity contribution in [3.63, 3.8) is 0 Å². The Morgan fingerprint density at radius 1 is 0.720 bits per heavy atom. The number of azide groups is 1. The van der Waals surface area contributed by atoms with Gasteiger partial charge >= 0.3 is 8.80 Å². The van der Waals surface area contributed by atoms with Gasteiger partial charge in [0, 0.05) is 78.5 Å². The molecule has 0 saturated carbocycles. The Bertz CT molecular complexity index is 314. The lowest BCUT2D eigenvalue weighted by atomic mass is 10.5. The highest BCUT2D eigenvalue weighted by molar-refractivity contribution is 6.60. The predicted octanol–water partition coefficient (Wildman–Crippen LogP) is 2.79. The van der Waals surface area contributed by atoms with E-state index in [1.165, 1.54) is 0 Å². The molecule has 0 rings (SSSR count). The molecule has 0 aliphatic carbocycles. The molecule has 0 amide bonds. The van der Waals surface area contributed by atoms with Crippen molar-refractivity contribution in [1.82, 2.24) is 0 Å². The summed E-state index contributed by atoms with van der Waals surface area (Å²) in [6.07, 6.45) is 2.97. The third-order valence-corrected chi connectivity index (χ3v) is 6.15. The first-order valence-electron chi connectivity index (χ1n) is 8.64. The summed E-state index contributed by atoms with van der Waals surface area (Å²) in [6, 6.07) is 0.610. The second kappa shape index (κ2) is 18.1. The van der Waals surface area contributed by atoms with Gasteiger partial charge in [-0.15, -0.1) is 0 Å². The molecule has 0 unspecified atom stereocenters. The highest BCUT2D eigenvalue weighted by Gasteiger charge is 2.40. The summed E-state index contributed by atoms with van der Waals surface area (Å²) < 4.78 is 33.4. The number of rotatable bonds is 19. The third kappa shape index (κ3) is 14.2. The number of nitrogens with zero attached hydrogens (tertiary/aromatic N) is 3. The van der Waals surface area contributed by atoms with E-state index in [2.05, 4.69) is 10.0 Å². The van der Waals surface area contributed by atoms with Crippen molar-refractivity contribution in [1.29, 1.82) is 0 Å². The van der Waals surface area contributed by atoms with Crippen LogP contribution in [0.25, 0.3) is 10.4 Å². The van der Waals surface area contributed by atoms with Gasteiger partial charge in [0.05, 0.1) is 0 Å². The lowest BCUT2D eigenvalue weighted by Crippen LogP contribution is -2.47. The van der Waals surface area contributed by atoms with Gasteiger partial charge in [0.2, 0.25) is 0 Å². The summed E-state index contributed by atoms with van der Waals surface area (Å²) in [5.41, 5.74) is 8.43. The molecular formula is C15H33N3O6Si. The molecule has 0 bridgehead atoms. The molecule has 148 valence electrons. The van der Waals surface area contributed by atoms with E-state index in [0.29, 0.717) is 58.7 Å². The second-order valence-electron chi connectivity index (χ2n) is 5.33. The minimum absolute atomic E-state index is 0.398. The van der Waals surface area contributed by atoms with Crippen molar-refractivity contribution in [2.75, 3.05) is 67.5 Å². The summed E-state index contributed by atoms with van der Waals surface area (Å²) in [4.78, 5) is 2.78. The molecule has 0 aromatic heterocycles. The monoisotopic (exact) mass is 379 g/mol. The third-order valence-electron chi connectivity index (χ3n) is 3.25. The number of hydrogen-bond donors (Lipinski definition) is 0. The van der Waals surface area contributed by atoms with Crippen molar-refractivity contribution in [3.05, 3.63) is 10.4 Å².